The van der Waals surface area contributed by atoms with Crippen molar-refractivity contribution in [3.63, 3.8) is 0 Å². The number of para-hydroxylation sites is 2. The van der Waals surface area contributed by atoms with E-state index in [2.05, 4.69) is 10.3 Å². The Morgan fingerprint density at radius 3 is 2.61 bits per heavy atom. The molecule has 0 fully saturated rings. The Balaban J connectivity index is 1.69. The number of aromatic nitrogens is 2. The van der Waals surface area contributed by atoms with Crippen LogP contribution in [0.1, 0.15) is 23.6 Å². The van der Waals surface area contributed by atoms with Crippen molar-refractivity contribution in [2.75, 3.05) is 11.1 Å². The van der Waals surface area contributed by atoms with E-state index in [0.717, 1.165) is 35.0 Å². The number of halogens is 1. The molecule has 4 rings (SSSR count). The lowest BCUT2D eigenvalue weighted by atomic mass is 10.1. The fourth-order valence-electron chi connectivity index (χ4n) is 3.67. The molecule has 1 heterocycles. The molecular formula is C26H24FN3O2S. The lowest BCUT2D eigenvalue weighted by Gasteiger charge is -2.15. The maximum atomic E-state index is 14.3. The van der Waals surface area contributed by atoms with Crippen LogP contribution in [0.25, 0.3) is 16.6 Å². The maximum absolute atomic E-state index is 14.3. The number of rotatable bonds is 6. The Hall–Kier alpha value is -3.45. The normalized spacial score (nSPS) is 11.0. The Kier molecular flexibility index (Phi) is 6.60. The Morgan fingerprint density at radius 2 is 1.85 bits per heavy atom. The summed E-state index contributed by atoms with van der Waals surface area (Å²) in [5, 5.41) is 3.75. The minimum absolute atomic E-state index is 0.0522. The molecule has 0 atom stereocenters. The van der Waals surface area contributed by atoms with E-state index in [1.54, 1.807) is 43.3 Å². The number of benzene rings is 3. The van der Waals surface area contributed by atoms with Gasteiger partial charge in [0.2, 0.25) is 5.91 Å². The first-order valence-electron chi connectivity index (χ1n) is 10.7. The van der Waals surface area contributed by atoms with Gasteiger partial charge in [-0.2, -0.15) is 0 Å². The van der Waals surface area contributed by atoms with Crippen LogP contribution in [-0.2, 0) is 11.2 Å². The zero-order valence-corrected chi connectivity index (χ0v) is 19.5. The fraction of sp³-hybridized carbons (Fsp3) is 0.192. The van der Waals surface area contributed by atoms with Crippen molar-refractivity contribution in [1.29, 1.82) is 0 Å². The summed E-state index contributed by atoms with van der Waals surface area (Å²) in [6, 6.07) is 17.5. The minimum atomic E-state index is -0.409. The molecule has 1 amide bonds. The number of nitrogens with zero attached hydrogens (tertiary/aromatic N) is 2. The first-order chi connectivity index (χ1) is 15.9. The molecule has 0 bridgehead atoms. The third-order valence-corrected chi connectivity index (χ3v) is 6.43. The van der Waals surface area contributed by atoms with Crippen molar-refractivity contribution in [3.8, 4) is 5.69 Å². The third kappa shape index (κ3) is 4.68. The number of nitrogens with one attached hydrogen (secondary N) is 1. The number of hydrogen-bond donors (Lipinski definition) is 1. The average molecular weight is 462 g/mol. The summed E-state index contributed by atoms with van der Waals surface area (Å²) < 4.78 is 15.7. The van der Waals surface area contributed by atoms with Crippen LogP contribution in [0.5, 0.6) is 0 Å². The van der Waals surface area contributed by atoms with Crippen LogP contribution in [0.4, 0.5) is 10.1 Å². The molecule has 0 saturated carbocycles. The van der Waals surface area contributed by atoms with E-state index in [4.69, 9.17) is 0 Å². The second-order valence-electron chi connectivity index (χ2n) is 7.79. The van der Waals surface area contributed by atoms with Crippen molar-refractivity contribution in [1.82, 2.24) is 9.55 Å². The predicted molar refractivity (Wildman–Crippen MR) is 132 cm³/mol. The minimum Gasteiger partial charge on any atom is -0.325 e. The first kappa shape index (κ1) is 22.7. The summed E-state index contributed by atoms with van der Waals surface area (Å²) in [6.45, 7) is 5.66. The van der Waals surface area contributed by atoms with Crippen LogP contribution in [0.15, 0.2) is 70.6 Å². The maximum Gasteiger partial charge on any atom is 0.266 e. The van der Waals surface area contributed by atoms with E-state index in [1.165, 1.54) is 10.6 Å². The van der Waals surface area contributed by atoms with Gasteiger partial charge in [0.05, 0.1) is 22.3 Å². The van der Waals surface area contributed by atoms with E-state index >= 15 is 0 Å². The predicted octanol–water partition coefficient (Wildman–Crippen LogP) is 5.43. The van der Waals surface area contributed by atoms with Gasteiger partial charge in [-0.1, -0.05) is 55.1 Å². The zero-order valence-electron chi connectivity index (χ0n) is 18.7. The topological polar surface area (TPSA) is 64.0 Å². The number of aryl methyl sites for hydroxylation is 3. The molecular weight excluding hydrogens is 437 g/mol. The molecule has 0 unspecified atom stereocenters. The quantitative estimate of drug-likeness (QED) is 0.307. The van der Waals surface area contributed by atoms with E-state index in [1.807, 2.05) is 32.0 Å². The second-order valence-corrected chi connectivity index (χ2v) is 8.73. The number of hydrogen-bond acceptors (Lipinski definition) is 4. The number of fused-ring (bicyclic) bond motifs is 1. The lowest BCUT2D eigenvalue weighted by Crippen LogP contribution is -2.23. The smallest absolute Gasteiger partial charge is 0.266 e. The van der Waals surface area contributed by atoms with Crippen molar-refractivity contribution >= 4 is 34.3 Å². The first-order valence-corrected chi connectivity index (χ1v) is 11.7. The standard InChI is InChI=1S/C26H24FN3O2S/c1-4-18-9-7-8-17(3)24(18)29-23(31)15-33-26-28-22-11-6-5-10-20(22)25(32)30(26)19-13-12-16(2)21(27)14-19/h5-14H,4,15H2,1-3H3,(H,29,31). The SMILES string of the molecule is CCc1cccc(C)c1NC(=O)CSc1nc2ccccc2c(=O)n1-c1ccc(C)c(F)c1. The van der Waals surface area contributed by atoms with Crippen molar-refractivity contribution in [3.05, 3.63) is 93.5 Å². The van der Waals surface area contributed by atoms with Crippen LogP contribution >= 0.6 is 11.8 Å². The molecule has 0 aliphatic carbocycles. The summed E-state index contributed by atoms with van der Waals surface area (Å²) in [4.78, 5) is 30.7. The molecule has 0 aliphatic heterocycles. The number of amides is 1. The van der Waals surface area contributed by atoms with Gasteiger partial charge in [0, 0.05) is 5.69 Å². The van der Waals surface area contributed by atoms with Gasteiger partial charge in [-0.3, -0.25) is 14.2 Å². The van der Waals surface area contributed by atoms with Crippen LogP contribution in [-0.4, -0.2) is 21.2 Å². The van der Waals surface area contributed by atoms with Gasteiger partial charge in [-0.05, 0) is 61.2 Å². The van der Waals surface area contributed by atoms with E-state index in [-0.39, 0.29) is 17.2 Å². The summed E-state index contributed by atoms with van der Waals surface area (Å²) in [5.74, 6) is -0.558. The van der Waals surface area contributed by atoms with E-state index in [9.17, 15) is 14.0 Å². The average Bonchev–Trinajstić information content (AvgIpc) is 2.81. The highest BCUT2D eigenvalue weighted by Gasteiger charge is 2.16. The van der Waals surface area contributed by atoms with Crippen LogP contribution in [0, 0.1) is 19.7 Å². The molecule has 3 aromatic carbocycles. The lowest BCUT2D eigenvalue weighted by molar-refractivity contribution is -0.113. The van der Waals surface area contributed by atoms with Crippen molar-refractivity contribution < 1.29 is 9.18 Å². The molecule has 0 radical (unpaired) electrons. The molecule has 168 valence electrons. The molecule has 7 heteroatoms. The Bertz CT molecular complexity index is 1410. The molecule has 1 N–H and O–H groups in total. The molecule has 0 saturated heterocycles. The monoisotopic (exact) mass is 461 g/mol. The number of thioether (sulfide) groups is 1. The second kappa shape index (κ2) is 9.58. The van der Waals surface area contributed by atoms with Gasteiger partial charge < -0.3 is 5.32 Å². The highest BCUT2D eigenvalue weighted by atomic mass is 32.2. The summed E-state index contributed by atoms with van der Waals surface area (Å²) >= 11 is 1.14. The molecule has 0 spiro atoms. The fourth-order valence-corrected chi connectivity index (χ4v) is 4.48. The summed E-state index contributed by atoms with van der Waals surface area (Å²) in [7, 11) is 0. The molecule has 33 heavy (non-hydrogen) atoms. The summed E-state index contributed by atoms with van der Waals surface area (Å²) in [6.07, 6.45) is 0.801. The van der Waals surface area contributed by atoms with Crippen LogP contribution in [0.3, 0.4) is 0 Å². The molecule has 5 nitrogen and oxygen atoms in total. The van der Waals surface area contributed by atoms with Gasteiger partial charge in [0.25, 0.3) is 5.56 Å². The van der Waals surface area contributed by atoms with Crippen molar-refractivity contribution in [2.45, 2.75) is 32.3 Å². The van der Waals surface area contributed by atoms with Crippen LogP contribution < -0.4 is 10.9 Å². The van der Waals surface area contributed by atoms with Gasteiger partial charge in [0.15, 0.2) is 5.16 Å². The van der Waals surface area contributed by atoms with Gasteiger partial charge in [-0.25, -0.2) is 9.37 Å². The van der Waals surface area contributed by atoms with E-state index < -0.39 is 5.82 Å². The largest absolute Gasteiger partial charge is 0.325 e. The Labute approximate surface area is 195 Å². The van der Waals surface area contributed by atoms with Crippen molar-refractivity contribution in [2.24, 2.45) is 0 Å². The summed E-state index contributed by atoms with van der Waals surface area (Å²) in [5.41, 5.74) is 3.94. The molecule has 4 aromatic rings. The Morgan fingerprint density at radius 1 is 1.06 bits per heavy atom. The van der Waals surface area contributed by atoms with Gasteiger partial charge in [0.1, 0.15) is 5.82 Å². The van der Waals surface area contributed by atoms with Gasteiger partial charge >= 0.3 is 0 Å². The third-order valence-electron chi connectivity index (χ3n) is 5.50. The zero-order chi connectivity index (χ0) is 23.5. The highest BCUT2D eigenvalue weighted by molar-refractivity contribution is 7.99. The number of anilines is 1. The van der Waals surface area contributed by atoms with Crippen LogP contribution in [0.2, 0.25) is 0 Å². The van der Waals surface area contributed by atoms with E-state index in [0.29, 0.717) is 27.3 Å². The number of carbonyl (C=O) groups excluding carboxylic acids is 1. The molecule has 1 aromatic heterocycles. The van der Waals surface area contributed by atoms with Gasteiger partial charge in [-0.15, -0.1) is 0 Å². The highest BCUT2D eigenvalue weighted by Crippen LogP contribution is 2.25. The number of carbonyl (C=O) groups is 1. The molecule has 0 aliphatic rings.